The van der Waals surface area contributed by atoms with Crippen LogP contribution in [0, 0.1) is 0 Å². The highest BCUT2D eigenvalue weighted by molar-refractivity contribution is 5.94. The number of carboxylic acids is 1. The molecule has 1 saturated carbocycles. The molecule has 3 rings (SSSR count). The van der Waals surface area contributed by atoms with Crippen molar-refractivity contribution in [2.75, 3.05) is 11.9 Å². The molecule has 1 amide bonds. The van der Waals surface area contributed by atoms with Gasteiger partial charge in [0, 0.05) is 17.8 Å². The number of hydrogen-bond donors (Lipinski definition) is 4. The first-order valence-corrected chi connectivity index (χ1v) is 10.1. The first kappa shape index (κ1) is 20.9. The second kappa shape index (κ2) is 10.1. The lowest BCUT2D eigenvalue weighted by atomic mass is 9.84. The Morgan fingerprint density at radius 2 is 1.62 bits per heavy atom. The zero-order valence-electron chi connectivity index (χ0n) is 16.4. The molecule has 2 aromatic carbocycles. The molecule has 154 valence electrons. The number of carbonyl (C=O) groups is 2. The van der Waals surface area contributed by atoms with Crippen LogP contribution in [0.3, 0.4) is 0 Å². The molecule has 0 radical (unpaired) electrons. The molecule has 0 unspecified atom stereocenters. The average Bonchev–Trinajstić information content (AvgIpc) is 2.77. The largest absolute Gasteiger partial charge is 0.479 e. The lowest BCUT2D eigenvalue weighted by molar-refractivity contribution is -0.146. The second-order valence-electron chi connectivity index (χ2n) is 7.57. The summed E-state index contributed by atoms with van der Waals surface area (Å²) in [5.74, 6) is -1.07. The maximum atomic E-state index is 12.0. The number of rotatable bonds is 8. The third kappa shape index (κ3) is 6.06. The number of amides is 1. The van der Waals surface area contributed by atoms with Crippen molar-refractivity contribution in [1.29, 1.82) is 0 Å². The maximum Gasteiger partial charge on any atom is 0.334 e. The molecule has 1 aliphatic rings. The van der Waals surface area contributed by atoms with Crippen LogP contribution in [0.1, 0.15) is 59.5 Å². The molecule has 0 spiro atoms. The molecular weight excluding hydrogens is 368 g/mol. The summed E-state index contributed by atoms with van der Waals surface area (Å²) in [6.07, 6.45) is 5.01. The number of carbonyl (C=O) groups excluding carboxylic acids is 1. The van der Waals surface area contributed by atoms with E-state index < -0.39 is 18.0 Å². The summed E-state index contributed by atoms with van der Waals surface area (Å²) in [5, 5.41) is 23.6. The number of anilines is 1. The molecule has 2 aromatic rings. The van der Waals surface area contributed by atoms with Gasteiger partial charge in [0.05, 0.1) is 6.54 Å². The summed E-state index contributed by atoms with van der Waals surface area (Å²) < 4.78 is 0. The standard InChI is InChI=1S/C23H28N2O4/c26-21(23(28)29)15-25-22(27)19-8-6-16(7-9-19)14-24-20-12-10-18(11-13-20)17-4-2-1-3-5-17/h6-13,17,21,24,26H,1-5,14-15H2,(H,25,27)(H,28,29)/t21-/m1/s1. The van der Waals surface area contributed by atoms with Crippen LogP contribution in [0.2, 0.25) is 0 Å². The summed E-state index contributed by atoms with van der Waals surface area (Å²) in [7, 11) is 0. The molecule has 1 aliphatic carbocycles. The highest BCUT2D eigenvalue weighted by Crippen LogP contribution is 2.33. The van der Waals surface area contributed by atoms with Gasteiger partial charge in [-0.05, 0) is 54.2 Å². The van der Waals surface area contributed by atoms with Crippen molar-refractivity contribution >= 4 is 17.6 Å². The minimum Gasteiger partial charge on any atom is -0.479 e. The number of nitrogens with one attached hydrogen (secondary N) is 2. The Morgan fingerprint density at radius 1 is 0.966 bits per heavy atom. The Kier molecular flexibility index (Phi) is 7.25. The fourth-order valence-electron chi connectivity index (χ4n) is 3.67. The van der Waals surface area contributed by atoms with Crippen LogP contribution in [0.4, 0.5) is 5.69 Å². The zero-order valence-corrected chi connectivity index (χ0v) is 16.4. The lowest BCUT2D eigenvalue weighted by Crippen LogP contribution is -2.36. The molecular formula is C23H28N2O4. The Hall–Kier alpha value is -2.86. The van der Waals surface area contributed by atoms with E-state index in [1.165, 1.54) is 37.7 Å². The van der Waals surface area contributed by atoms with Crippen molar-refractivity contribution in [3.8, 4) is 0 Å². The van der Waals surface area contributed by atoms with E-state index >= 15 is 0 Å². The molecule has 0 aromatic heterocycles. The van der Waals surface area contributed by atoms with Gasteiger partial charge in [-0.15, -0.1) is 0 Å². The summed E-state index contributed by atoms with van der Waals surface area (Å²) in [4.78, 5) is 22.6. The summed E-state index contributed by atoms with van der Waals surface area (Å²) >= 11 is 0. The fourth-order valence-corrected chi connectivity index (χ4v) is 3.67. The summed E-state index contributed by atoms with van der Waals surface area (Å²) in [6, 6.07) is 15.8. The molecule has 6 nitrogen and oxygen atoms in total. The zero-order chi connectivity index (χ0) is 20.6. The van der Waals surface area contributed by atoms with E-state index in [4.69, 9.17) is 5.11 Å². The van der Waals surface area contributed by atoms with Crippen LogP contribution in [-0.4, -0.2) is 34.7 Å². The van der Waals surface area contributed by atoms with Crippen molar-refractivity contribution < 1.29 is 19.8 Å². The van der Waals surface area contributed by atoms with Crippen LogP contribution in [0.15, 0.2) is 48.5 Å². The molecule has 4 N–H and O–H groups in total. The number of benzene rings is 2. The fraction of sp³-hybridized carbons (Fsp3) is 0.391. The normalized spacial score (nSPS) is 15.5. The van der Waals surface area contributed by atoms with Gasteiger partial charge in [0.15, 0.2) is 6.10 Å². The molecule has 0 bridgehead atoms. The van der Waals surface area contributed by atoms with E-state index in [9.17, 15) is 14.7 Å². The SMILES string of the molecule is O=C(NC[C@@H](O)C(=O)O)c1ccc(CNc2ccc(C3CCCCC3)cc2)cc1. The van der Waals surface area contributed by atoms with Crippen LogP contribution < -0.4 is 10.6 Å². The Labute approximate surface area is 171 Å². The first-order valence-electron chi connectivity index (χ1n) is 10.1. The third-order valence-electron chi connectivity index (χ3n) is 5.44. The molecule has 0 heterocycles. The molecule has 6 heteroatoms. The van der Waals surface area contributed by atoms with Gasteiger partial charge >= 0.3 is 5.97 Å². The molecule has 29 heavy (non-hydrogen) atoms. The van der Waals surface area contributed by atoms with E-state index in [-0.39, 0.29) is 6.54 Å². The number of hydrogen-bond acceptors (Lipinski definition) is 4. The topological polar surface area (TPSA) is 98.7 Å². The number of aliphatic carboxylic acids is 1. The number of aliphatic hydroxyl groups is 1. The predicted molar refractivity (Wildman–Crippen MR) is 112 cm³/mol. The van der Waals surface area contributed by atoms with E-state index in [1.807, 2.05) is 12.1 Å². The van der Waals surface area contributed by atoms with Crippen molar-refractivity contribution in [1.82, 2.24) is 5.32 Å². The van der Waals surface area contributed by atoms with Crippen LogP contribution in [0.5, 0.6) is 0 Å². The molecule has 1 atom stereocenters. The third-order valence-corrected chi connectivity index (χ3v) is 5.44. The Bertz CT molecular complexity index is 812. The summed E-state index contributed by atoms with van der Waals surface area (Å²) in [6.45, 7) is 0.316. The Morgan fingerprint density at radius 3 is 2.24 bits per heavy atom. The van der Waals surface area contributed by atoms with Gasteiger partial charge in [-0.2, -0.15) is 0 Å². The molecule has 0 saturated heterocycles. The number of aliphatic hydroxyl groups excluding tert-OH is 1. The maximum absolute atomic E-state index is 12.0. The average molecular weight is 396 g/mol. The highest BCUT2D eigenvalue weighted by Gasteiger charge is 2.16. The quantitative estimate of drug-likeness (QED) is 0.547. The van der Waals surface area contributed by atoms with E-state index in [1.54, 1.807) is 12.1 Å². The molecule has 0 aliphatic heterocycles. The molecule has 1 fully saturated rings. The van der Waals surface area contributed by atoms with Crippen molar-refractivity contribution in [2.24, 2.45) is 0 Å². The summed E-state index contributed by atoms with van der Waals surface area (Å²) in [5.41, 5.74) is 3.94. The predicted octanol–water partition coefficient (Wildman–Crippen LogP) is 3.52. The Balaban J connectivity index is 1.48. The second-order valence-corrected chi connectivity index (χ2v) is 7.57. The van der Waals surface area contributed by atoms with Crippen LogP contribution >= 0.6 is 0 Å². The van der Waals surface area contributed by atoms with Gasteiger partial charge in [0.2, 0.25) is 0 Å². The van der Waals surface area contributed by atoms with Gasteiger partial charge < -0.3 is 20.8 Å². The lowest BCUT2D eigenvalue weighted by Gasteiger charge is -2.22. The van der Waals surface area contributed by atoms with Crippen molar-refractivity contribution in [3.05, 3.63) is 65.2 Å². The minimum atomic E-state index is -1.60. The number of carboxylic acid groups (broad SMARTS) is 1. The highest BCUT2D eigenvalue weighted by atomic mass is 16.4. The minimum absolute atomic E-state index is 0.325. The van der Waals surface area contributed by atoms with Crippen LogP contribution in [0.25, 0.3) is 0 Å². The van der Waals surface area contributed by atoms with E-state index in [2.05, 4.69) is 34.9 Å². The van der Waals surface area contributed by atoms with Crippen molar-refractivity contribution in [3.63, 3.8) is 0 Å². The van der Waals surface area contributed by atoms with Gasteiger partial charge in [-0.1, -0.05) is 43.5 Å². The van der Waals surface area contributed by atoms with Gasteiger partial charge in [-0.3, -0.25) is 4.79 Å². The smallest absolute Gasteiger partial charge is 0.334 e. The van der Waals surface area contributed by atoms with Crippen LogP contribution in [-0.2, 0) is 11.3 Å². The van der Waals surface area contributed by atoms with E-state index in [0.29, 0.717) is 18.0 Å². The van der Waals surface area contributed by atoms with E-state index in [0.717, 1.165) is 11.3 Å². The monoisotopic (exact) mass is 396 g/mol. The first-order chi connectivity index (χ1) is 14.0. The van der Waals surface area contributed by atoms with Crippen molar-refractivity contribution in [2.45, 2.75) is 50.7 Å². The van der Waals surface area contributed by atoms with Gasteiger partial charge in [0.25, 0.3) is 5.91 Å². The van der Waals surface area contributed by atoms with Gasteiger partial charge in [-0.25, -0.2) is 4.79 Å². The van der Waals surface area contributed by atoms with Gasteiger partial charge in [0.1, 0.15) is 0 Å².